The highest BCUT2D eigenvalue weighted by Gasteiger charge is 2.24. The topological polar surface area (TPSA) is 119 Å². The SMILES string of the molecule is Nc1nnc(N2CCC(Oc3nnc(NC(=O)Cc4ccccc4)s3)CC2)s1. The summed E-state index contributed by atoms with van der Waals surface area (Å²) in [6.07, 6.45) is 2.04. The number of hydrogen-bond donors (Lipinski definition) is 2. The smallest absolute Gasteiger partial charge is 0.296 e. The molecule has 11 heteroatoms. The molecule has 1 aromatic carbocycles. The van der Waals surface area contributed by atoms with Crippen LogP contribution in [-0.4, -0.2) is 45.5 Å². The van der Waals surface area contributed by atoms with E-state index in [1.807, 2.05) is 30.3 Å². The van der Waals surface area contributed by atoms with E-state index >= 15 is 0 Å². The van der Waals surface area contributed by atoms with Gasteiger partial charge in [-0.05, 0) is 16.9 Å². The largest absolute Gasteiger partial charge is 0.465 e. The van der Waals surface area contributed by atoms with Crippen molar-refractivity contribution in [1.82, 2.24) is 20.4 Å². The molecule has 4 rings (SSSR count). The van der Waals surface area contributed by atoms with Crippen molar-refractivity contribution in [2.45, 2.75) is 25.4 Å². The molecule has 0 spiro atoms. The fraction of sp³-hybridized carbons (Fsp3) is 0.353. The first-order valence-corrected chi connectivity index (χ1v) is 10.5. The van der Waals surface area contributed by atoms with E-state index in [1.165, 1.54) is 22.7 Å². The van der Waals surface area contributed by atoms with Crippen LogP contribution in [0.1, 0.15) is 18.4 Å². The highest BCUT2D eigenvalue weighted by Crippen LogP contribution is 2.28. The third-order valence-electron chi connectivity index (χ3n) is 4.27. The minimum atomic E-state index is -0.126. The van der Waals surface area contributed by atoms with E-state index in [0.717, 1.165) is 36.6 Å². The van der Waals surface area contributed by atoms with Crippen molar-refractivity contribution in [3.8, 4) is 5.19 Å². The second-order valence-electron chi connectivity index (χ2n) is 6.31. The number of piperidine rings is 1. The number of ether oxygens (including phenoxy) is 1. The van der Waals surface area contributed by atoms with Crippen molar-refractivity contribution in [1.29, 1.82) is 0 Å². The molecule has 0 bridgehead atoms. The van der Waals surface area contributed by atoms with Crippen molar-refractivity contribution < 1.29 is 9.53 Å². The average molecular weight is 418 g/mol. The van der Waals surface area contributed by atoms with Gasteiger partial charge in [0, 0.05) is 25.9 Å². The van der Waals surface area contributed by atoms with Gasteiger partial charge in [-0.25, -0.2) is 0 Å². The number of aromatic nitrogens is 4. The van der Waals surface area contributed by atoms with Crippen LogP contribution in [0.25, 0.3) is 0 Å². The van der Waals surface area contributed by atoms with Crippen LogP contribution in [0.5, 0.6) is 5.19 Å². The lowest BCUT2D eigenvalue weighted by atomic mass is 10.1. The summed E-state index contributed by atoms with van der Waals surface area (Å²) in [4.78, 5) is 14.3. The summed E-state index contributed by atoms with van der Waals surface area (Å²) in [6, 6.07) is 9.56. The summed E-state index contributed by atoms with van der Waals surface area (Å²) < 4.78 is 5.93. The zero-order valence-corrected chi connectivity index (χ0v) is 16.6. The summed E-state index contributed by atoms with van der Waals surface area (Å²) in [7, 11) is 0. The Bertz CT molecular complexity index is 923. The number of carbonyl (C=O) groups excluding carboxylic acids is 1. The minimum absolute atomic E-state index is 0.0577. The fourth-order valence-corrected chi connectivity index (χ4v) is 4.25. The normalized spacial score (nSPS) is 14.8. The van der Waals surface area contributed by atoms with Crippen molar-refractivity contribution >= 4 is 44.0 Å². The lowest BCUT2D eigenvalue weighted by Gasteiger charge is -2.30. The van der Waals surface area contributed by atoms with Crippen molar-refractivity contribution in [2.75, 3.05) is 29.0 Å². The molecule has 2 aromatic heterocycles. The third-order valence-corrected chi connectivity index (χ3v) is 5.81. The lowest BCUT2D eigenvalue weighted by Crippen LogP contribution is -2.38. The van der Waals surface area contributed by atoms with E-state index in [1.54, 1.807) is 0 Å². The molecular weight excluding hydrogens is 398 g/mol. The van der Waals surface area contributed by atoms with Gasteiger partial charge in [-0.2, -0.15) is 0 Å². The fourth-order valence-electron chi connectivity index (χ4n) is 2.91. The highest BCUT2D eigenvalue weighted by atomic mass is 32.1. The molecule has 0 atom stereocenters. The third kappa shape index (κ3) is 4.73. The molecule has 1 saturated heterocycles. The van der Waals surface area contributed by atoms with Crippen LogP contribution in [0.15, 0.2) is 30.3 Å². The number of nitrogens with two attached hydrogens (primary N) is 1. The van der Waals surface area contributed by atoms with Crippen LogP contribution >= 0.6 is 22.7 Å². The standard InChI is InChI=1S/C17H19N7O2S2/c18-14-20-22-16(27-14)24-8-6-12(7-9-24)26-17-23-21-15(28-17)19-13(25)10-11-4-2-1-3-5-11/h1-5,12H,6-10H2,(H2,18,20)(H,19,21,25). The number of nitrogens with one attached hydrogen (secondary N) is 1. The molecule has 3 aromatic rings. The molecule has 146 valence electrons. The van der Waals surface area contributed by atoms with Gasteiger partial charge in [-0.3, -0.25) is 4.79 Å². The van der Waals surface area contributed by atoms with Crippen molar-refractivity contribution in [2.24, 2.45) is 0 Å². The Kier molecular flexibility index (Phi) is 5.63. The zero-order valence-electron chi connectivity index (χ0n) is 14.9. The van der Waals surface area contributed by atoms with Gasteiger partial charge in [-0.15, -0.1) is 15.3 Å². The second kappa shape index (κ2) is 8.48. The molecule has 1 fully saturated rings. The van der Waals surface area contributed by atoms with Gasteiger partial charge in [0.1, 0.15) is 6.10 Å². The summed E-state index contributed by atoms with van der Waals surface area (Å²) in [6.45, 7) is 1.64. The first-order chi connectivity index (χ1) is 13.7. The van der Waals surface area contributed by atoms with Gasteiger partial charge in [0.15, 0.2) is 0 Å². The number of anilines is 3. The van der Waals surface area contributed by atoms with E-state index in [-0.39, 0.29) is 12.0 Å². The summed E-state index contributed by atoms with van der Waals surface area (Å²) in [5.41, 5.74) is 6.59. The van der Waals surface area contributed by atoms with Crippen LogP contribution in [0.4, 0.5) is 15.4 Å². The van der Waals surface area contributed by atoms with E-state index in [9.17, 15) is 4.79 Å². The number of benzene rings is 1. The Balaban J connectivity index is 1.25. The molecule has 0 unspecified atom stereocenters. The summed E-state index contributed by atoms with van der Waals surface area (Å²) >= 11 is 2.63. The zero-order chi connectivity index (χ0) is 19.3. The molecule has 0 radical (unpaired) electrons. The Labute approximate surface area is 169 Å². The number of nitrogen functional groups attached to an aromatic ring is 1. The summed E-state index contributed by atoms with van der Waals surface area (Å²) in [5, 5.41) is 21.0. The van der Waals surface area contributed by atoms with Gasteiger partial charge in [-0.1, -0.05) is 46.8 Å². The van der Waals surface area contributed by atoms with Gasteiger partial charge >= 0.3 is 0 Å². The molecule has 0 saturated carbocycles. The Hall–Kier alpha value is -2.79. The molecule has 3 heterocycles. The first-order valence-electron chi connectivity index (χ1n) is 8.83. The van der Waals surface area contributed by atoms with Crippen LogP contribution in [0.2, 0.25) is 0 Å². The molecule has 28 heavy (non-hydrogen) atoms. The van der Waals surface area contributed by atoms with Gasteiger partial charge in [0.2, 0.25) is 21.3 Å². The predicted octanol–water partition coefficient (Wildman–Crippen LogP) is 2.20. The monoisotopic (exact) mass is 417 g/mol. The quantitative estimate of drug-likeness (QED) is 0.626. The maximum Gasteiger partial charge on any atom is 0.296 e. The van der Waals surface area contributed by atoms with Gasteiger partial charge < -0.3 is 20.7 Å². The molecule has 1 aliphatic heterocycles. The van der Waals surface area contributed by atoms with E-state index in [2.05, 4.69) is 30.6 Å². The molecule has 1 amide bonds. The molecule has 9 nitrogen and oxygen atoms in total. The Morgan fingerprint density at radius 1 is 1.14 bits per heavy atom. The highest BCUT2D eigenvalue weighted by molar-refractivity contribution is 7.18. The van der Waals surface area contributed by atoms with Gasteiger partial charge in [0.05, 0.1) is 6.42 Å². The van der Waals surface area contributed by atoms with Crippen LogP contribution in [0.3, 0.4) is 0 Å². The first kappa shape index (κ1) is 18.6. The second-order valence-corrected chi connectivity index (χ2v) is 8.24. The Morgan fingerprint density at radius 2 is 1.93 bits per heavy atom. The maximum atomic E-state index is 12.1. The van der Waals surface area contributed by atoms with E-state index in [0.29, 0.717) is 21.9 Å². The maximum absolute atomic E-state index is 12.1. The van der Waals surface area contributed by atoms with Crippen molar-refractivity contribution in [3.63, 3.8) is 0 Å². The molecular formula is C17H19N7O2S2. The molecule has 0 aliphatic carbocycles. The predicted molar refractivity (Wildman–Crippen MR) is 109 cm³/mol. The van der Waals surface area contributed by atoms with E-state index < -0.39 is 0 Å². The summed E-state index contributed by atoms with van der Waals surface area (Å²) in [5.74, 6) is -0.126. The molecule has 1 aliphatic rings. The minimum Gasteiger partial charge on any atom is -0.465 e. The number of rotatable bonds is 6. The number of hydrogen-bond acceptors (Lipinski definition) is 10. The average Bonchev–Trinajstić information content (AvgIpc) is 3.32. The number of carbonyl (C=O) groups is 1. The van der Waals surface area contributed by atoms with Crippen LogP contribution < -0.4 is 20.7 Å². The lowest BCUT2D eigenvalue weighted by molar-refractivity contribution is -0.115. The van der Waals surface area contributed by atoms with Crippen molar-refractivity contribution in [3.05, 3.63) is 35.9 Å². The van der Waals surface area contributed by atoms with Gasteiger partial charge in [0.25, 0.3) is 5.19 Å². The Morgan fingerprint density at radius 3 is 2.64 bits per heavy atom. The van der Waals surface area contributed by atoms with E-state index in [4.69, 9.17) is 10.5 Å². The number of amides is 1. The number of nitrogens with zero attached hydrogens (tertiary/aromatic N) is 5. The van der Waals surface area contributed by atoms with Crippen LogP contribution in [0, 0.1) is 0 Å². The molecule has 3 N–H and O–H groups in total. The van der Waals surface area contributed by atoms with Crippen LogP contribution in [-0.2, 0) is 11.2 Å².